The highest BCUT2D eigenvalue weighted by Gasteiger charge is 2.54. The highest BCUT2D eigenvalue weighted by molar-refractivity contribution is 7.89. The number of sulfonamides is 1. The summed E-state index contributed by atoms with van der Waals surface area (Å²) in [5, 5.41) is 12.0. The summed E-state index contributed by atoms with van der Waals surface area (Å²) in [5.41, 5.74) is 0.344. The van der Waals surface area contributed by atoms with Gasteiger partial charge < -0.3 is 5.32 Å². The van der Waals surface area contributed by atoms with Crippen LogP contribution in [0.2, 0.25) is 5.02 Å². The third-order valence-electron chi connectivity index (χ3n) is 3.73. The predicted octanol–water partition coefficient (Wildman–Crippen LogP) is 1.13. The van der Waals surface area contributed by atoms with Crippen LogP contribution in [-0.4, -0.2) is 27.5 Å². The Morgan fingerprint density at radius 1 is 1.35 bits per heavy atom. The lowest BCUT2D eigenvalue weighted by Gasteiger charge is -2.10. The van der Waals surface area contributed by atoms with Gasteiger partial charge in [-0.1, -0.05) is 11.6 Å². The number of piperidine rings is 1. The van der Waals surface area contributed by atoms with Crippen molar-refractivity contribution in [2.45, 2.75) is 10.9 Å². The Labute approximate surface area is 128 Å². The molecule has 1 saturated carbocycles. The van der Waals surface area contributed by atoms with Crippen molar-refractivity contribution in [1.29, 1.82) is 5.26 Å². The fourth-order valence-electron chi connectivity index (χ4n) is 2.62. The Kier molecular flexibility index (Phi) is 4.28. The molecule has 0 aromatic heterocycles. The molecule has 2 atom stereocenters. The minimum atomic E-state index is -3.61. The minimum absolute atomic E-state index is 0. The van der Waals surface area contributed by atoms with Gasteiger partial charge in [-0.25, -0.2) is 13.1 Å². The second kappa shape index (κ2) is 5.51. The number of hydrogen-bond donors (Lipinski definition) is 2. The van der Waals surface area contributed by atoms with E-state index in [-0.39, 0.29) is 28.4 Å². The Bertz CT molecular complexity index is 662. The Morgan fingerprint density at radius 3 is 2.55 bits per heavy atom. The van der Waals surface area contributed by atoms with E-state index in [1.165, 1.54) is 18.2 Å². The number of halogens is 2. The standard InChI is InChI=1S/C12H12ClN3O2S.ClH/c13-10-3-7(4-14)1-2-11(10)19(17,18)16-12-8-5-15-6-9(8)12;/h1-3,8-9,12,15-16H,5-6H2;1H. The average Bonchev–Trinajstić information content (AvgIpc) is 2.81. The van der Waals surface area contributed by atoms with Gasteiger partial charge >= 0.3 is 0 Å². The second-order valence-electron chi connectivity index (χ2n) is 4.89. The van der Waals surface area contributed by atoms with Crippen molar-refractivity contribution in [2.75, 3.05) is 13.1 Å². The maximum absolute atomic E-state index is 12.2. The molecular weight excluding hydrogens is 321 g/mol. The Balaban J connectivity index is 0.00000147. The molecule has 2 N–H and O–H groups in total. The van der Waals surface area contributed by atoms with Gasteiger partial charge in [0.2, 0.25) is 10.0 Å². The lowest BCUT2D eigenvalue weighted by Crippen LogP contribution is -2.32. The number of rotatable bonds is 3. The second-order valence-corrected chi connectivity index (χ2v) is 6.98. The molecule has 0 bridgehead atoms. The van der Waals surface area contributed by atoms with Crippen LogP contribution in [0, 0.1) is 23.2 Å². The van der Waals surface area contributed by atoms with Gasteiger partial charge in [-0.05, 0) is 43.1 Å². The fourth-order valence-corrected chi connectivity index (χ4v) is 4.51. The molecule has 0 spiro atoms. The molecule has 108 valence electrons. The fraction of sp³-hybridized carbons (Fsp3) is 0.417. The van der Waals surface area contributed by atoms with Crippen molar-refractivity contribution in [3.05, 3.63) is 28.8 Å². The molecule has 5 nitrogen and oxygen atoms in total. The van der Waals surface area contributed by atoms with Crippen molar-refractivity contribution >= 4 is 34.0 Å². The maximum atomic E-state index is 12.2. The number of hydrogen-bond acceptors (Lipinski definition) is 4. The first kappa shape index (κ1) is 15.5. The van der Waals surface area contributed by atoms with E-state index in [0.717, 1.165) is 13.1 Å². The molecule has 0 radical (unpaired) electrons. The summed E-state index contributed by atoms with van der Waals surface area (Å²) in [6.45, 7) is 1.72. The van der Waals surface area contributed by atoms with Crippen molar-refractivity contribution in [2.24, 2.45) is 11.8 Å². The highest BCUT2D eigenvalue weighted by Crippen LogP contribution is 2.42. The summed E-state index contributed by atoms with van der Waals surface area (Å²) in [7, 11) is -3.61. The first-order chi connectivity index (χ1) is 9.03. The van der Waals surface area contributed by atoms with Crippen LogP contribution < -0.4 is 10.0 Å². The summed E-state index contributed by atoms with van der Waals surface area (Å²) in [6, 6.07) is 6.13. The summed E-state index contributed by atoms with van der Waals surface area (Å²) >= 11 is 5.93. The van der Waals surface area contributed by atoms with Crippen molar-refractivity contribution in [1.82, 2.24) is 10.0 Å². The molecule has 2 aliphatic rings. The minimum Gasteiger partial charge on any atom is -0.316 e. The number of benzene rings is 1. The molecular formula is C12H13Cl2N3O2S. The van der Waals surface area contributed by atoms with Gasteiger partial charge in [0.1, 0.15) is 4.90 Å². The number of nitrogens with zero attached hydrogens (tertiary/aromatic N) is 1. The molecule has 1 aliphatic carbocycles. The molecule has 3 rings (SSSR count). The van der Waals surface area contributed by atoms with E-state index in [2.05, 4.69) is 10.0 Å². The predicted molar refractivity (Wildman–Crippen MR) is 77.4 cm³/mol. The maximum Gasteiger partial charge on any atom is 0.242 e. The van der Waals surface area contributed by atoms with Gasteiger partial charge in [0.15, 0.2) is 0 Å². The van der Waals surface area contributed by atoms with Crippen molar-refractivity contribution in [3.8, 4) is 6.07 Å². The van der Waals surface area contributed by atoms with E-state index in [4.69, 9.17) is 16.9 Å². The Hall–Kier alpha value is -0.840. The van der Waals surface area contributed by atoms with Crippen LogP contribution in [-0.2, 0) is 10.0 Å². The summed E-state index contributed by atoms with van der Waals surface area (Å²) in [4.78, 5) is 0.0334. The summed E-state index contributed by atoms with van der Waals surface area (Å²) in [5.74, 6) is 0.791. The van der Waals surface area contributed by atoms with Crippen LogP contribution in [0.15, 0.2) is 23.1 Å². The van der Waals surface area contributed by atoms with Crippen LogP contribution in [0.25, 0.3) is 0 Å². The van der Waals surface area contributed by atoms with Crippen LogP contribution >= 0.6 is 24.0 Å². The molecule has 1 heterocycles. The normalized spacial score (nSPS) is 27.3. The smallest absolute Gasteiger partial charge is 0.242 e. The van der Waals surface area contributed by atoms with Gasteiger partial charge in [-0.15, -0.1) is 12.4 Å². The van der Waals surface area contributed by atoms with E-state index < -0.39 is 10.0 Å². The quantitative estimate of drug-likeness (QED) is 0.868. The lowest BCUT2D eigenvalue weighted by molar-refractivity contribution is 0.565. The molecule has 1 aromatic rings. The topological polar surface area (TPSA) is 82.0 Å². The van der Waals surface area contributed by atoms with E-state index in [1.807, 2.05) is 6.07 Å². The lowest BCUT2D eigenvalue weighted by atomic mass is 10.2. The Morgan fingerprint density at radius 2 is 2.00 bits per heavy atom. The molecule has 20 heavy (non-hydrogen) atoms. The first-order valence-electron chi connectivity index (χ1n) is 5.95. The highest BCUT2D eigenvalue weighted by atomic mass is 35.5. The number of nitriles is 1. The van der Waals surface area contributed by atoms with Crippen LogP contribution in [0.5, 0.6) is 0 Å². The van der Waals surface area contributed by atoms with Gasteiger partial charge in [0.05, 0.1) is 16.7 Å². The van der Waals surface area contributed by atoms with E-state index in [9.17, 15) is 8.42 Å². The largest absolute Gasteiger partial charge is 0.316 e. The third-order valence-corrected chi connectivity index (χ3v) is 5.68. The molecule has 0 amide bonds. The van der Waals surface area contributed by atoms with Gasteiger partial charge in [-0.3, -0.25) is 0 Å². The van der Waals surface area contributed by atoms with Crippen molar-refractivity contribution < 1.29 is 8.42 Å². The monoisotopic (exact) mass is 333 g/mol. The zero-order valence-electron chi connectivity index (χ0n) is 10.3. The van der Waals surface area contributed by atoms with E-state index >= 15 is 0 Å². The van der Waals surface area contributed by atoms with Crippen LogP contribution in [0.4, 0.5) is 0 Å². The van der Waals surface area contributed by atoms with E-state index in [1.54, 1.807) is 0 Å². The van der Waals surface area contributed by atoms with Gasteiger partial charge in [0.25, 0.3) is 0 Å². The van der Waals surface area contributed by atoms with E-state index in [0.29, 0.717) is 17.4 Å². The first-order valence-corrected chi connectivity index (χ1v) is 7.82. The number of fused-ring (bicyclic) bond motifs is 1. The van der Waals surface area contributed by atoms with Crippen molar-refractivity contribution in [3.63, 3.8) is 0 Å². The zero-order valence-corrected chi connectivity index (χ0v) is 12.7. The molecule has 1 aromatic carbocycles. The SMILES string of the molecule is Cl.N#Cc1ccc(S(=O)(=O)NC2C3CNCC32)c(Cl)c1. The zero-order chi connectivity index (χ0) is 13.6. The molecule has 1 aliphatic heterocycles. The molecule has 2 unspecified atom stereocenters. The van der Waals surface area contributed by atoms with Crippen LogP contribution in [0.1, 0.15) is 5.56 Å². The molecule has 1 saturated heterocycles. The third kappa shape index (κ3) is 2.65. The van der Waals surface area contributed by atoms with Gasteiger partial charge in [-0.2, -0.15) is 5.26 Å². The summed E-state index contributed by atoms with van der Waals surface area (Å²) in [6.07, 6.45) is 0. The van der Waals surface area contributed by atoms with Crippen LogP contribution in [0.3, 0.4) is 0 Å². The summed E-state index contributed by atoms with van der Waals surface area (Å²) < 4.78 is 27.2. The molecule has 2 fully saturated rings. The molecule has 8 heteroatoms. The average molecular weight is 334 g/mol. The number of nitrogens with one attached hydrogen (secondary N) is 2. The van der Waals surface area contributed by atoms with Gasteiger partial charge in [0, 0.05) is 6.04 Å².